The maximum atomic E-state index is 4.79. The van der Waals surface area contributed by atoms with Gasteiger partial charge in [-0.2, -0.15) is 0 Å². The highest BCUT2D eigenvalue weighted by atomic mass is 35.5. The Bertz CT molecular complexity index is 725. The number of hydrogen-bond donors (Lipinski definition) is 0. The van der Waals surface area contributed by atoms with Gasteiger partial charge in [-0.25, -0.2) is 4.99 Å². The molecule has 2 aliphatic heterocycles. The van der Waals surface area contributed by atoms with Crippen LogP contribution in [0, 0.1) is 0 Å². The van der Waals surface area contributed by atoms with Crippen LogP contribution in [-0.2, 0) is 0 Å². The van der Waals surface area contributed by atoms with Crippen LogP contribution in [-0.4, -0.2) is 10.1 Å². The van der Waals surface area contributed by atoms with Crippen LogP contribution in [0.4, 0.5) is 5.69 Å². The molecule has 0 aromatic heterocycles. The molecule has 2 aromatic rings. The first kappa shape index (κ1) is 14.2. The lowest BCUT2D eigenvalue weighted by molar-refractivity contribution is 0.442. The molecule has 2 aromatic carbocycles. The third kappa shape index (κ3) is 2.27. The van der Waals surface area contributed by atoms with Gasteiger partial charge in [0.05, 0.1) is 11.7 Å². The normalized spacial score (nSPS) is 19.1. The number of para-hydroxylation sites is 1. The number of halogens is 1. The van der Waals surface area contributed by atoms with Gasteiger partial charge in [0.25, 0.3) is 0 Å². The molecule has 2 aliphatic rings. The van der Waals surface area contributed by atoms with Crippen molar-refractivity contribution in [2.45, 2.75) is 13.0 Å². The van der Waals surface area contributed by atoms with Crippen LogP contribution >= 0.6 is 24.2 Å². The summed E-state index contributed by atoms with van der Waals surface area (Å²) in [6.45, 7) is 2.15. The van der Waals surface area contributed by atoms with Crippen molar-refractivity contribution in [2.24, 2.45) is 4.99 Å². The molecule has 0 aliphatic carbocycles. The molecule has 1 atom stereocenters. The standard InChI is InChI=1S/C17H14N2S.ClH/c1-12-11-20-17-18-15-10-6-5-9-14(15)16(19(12)17)13-7-3-2-4-8-13;/h2-11,16H,1H3;1H. The number of nitrogens with zero attached hydrogens (tertiary/aromatic N) is 2. The quantitative estimate of drug-likeness (QED) is 0.727. The van der Waals surface area contributed by atoms with Crippen LogP contribution in [0.5, 0.6) is 0 Å². The van der Waals surface area contributed by atoms with Crippen molar-refractivity contribution in [1.29, 1.82) is 0 Å². The van der Waals surface area contributed by atoms with E-state index in [1.54, 1.807) is 11.8 Å². The summed E-state index contributed by atoms with van der Waals surface area (Å²) in [6, 6.07) is 19.3. The van der Waals surface area contributed by atoms with Crippen LogP contribution in [0.1, 0.15) is 24.1 Å². The zero-order chi connectivity index (χ0) is 13.5. The van der Waals surface area contributed by atoms with Gasteiger partial charge in [-0.1, -0.05) is 60.3 Å². The van der Waals surface area contributed by atoms with Crippen molar-refractivity contribution in [2.75, 3.05) is 0 Å². The zero-order valence-corrected chi connectivity index (χ0v) is 13.2. The predicted octanol–water partition coefficient (Wildman–Crippen LogP) is 5.11. The summed E-state index contributed by atoms with van der Waals surface area (Å²) in [7, 11) is 0. The van der Waals surface area contributed by atoms with E-state index in [2.05, 4.69) is 71.8 Å². The summed E-state index contributed by atoms with van der Waals surface area (Å²) in [5.41, 5.74) is 4.93. The number of rotatable bonds is 1. The number of thioether (sulfide) groups is 1. The Morgan fingerprint density at radius 2 is 1.71 bits per heavy atom. The monoisotopic (exact) mass is 314 g/mol. The lowest BCUT2D eigenvalue weighted by atomic mass is 9.94. The number of allylic oxidation sites excluding steroid dienone is 1. The van der Waals surface area contributed by atoms with Gasteiger partial charge in [-0.05, 0) is 24.0 Å². The summed E-state index contributed by atoms with van der Waals surface area (Å²) in [5.74, 6) is 0. The van der Waals surface area contributed by atoms with E-state index in [0.29, 0.717) is 0 Å². The largest absolute Gasteiger partial charge is 0.312 e. The van der Waals surface area contributed by atoms with Crippen LogP contribution < -0.4 is 0 Å². The van der Waals surface area contributed by atoms with E-state index in [9.17, 15) is 0 Å². The van der Waals surface area contributed by atoms with Gasteiger partial charge in [0, 0.05) is 11.3 Å². The first-order valence-corrected chi connectivity index (χ1v) is 7.58. The average Bonchev–Trinajstić information content (AvgIpc) is 2.87. The fourth-order valence-electron chi connectivity index (χ4n) is 2.82. The molecular formula is C17H15ClN2S. The van der Waals surface area contributed by atoms with Gasteiger partial charge in [0.15, 0.2) is 5.17 Å². The van der Waals surface area contributed by atoms with E-state index in [4.69, 9.17) is 4.99 Å². The molecule has 0 radical (unpaired) electrons. The molecule has 4 rings (SSSR count). The first-order valence-electron chi connectivity index (χ1n) is 6.70. The molecule has 0 fully saturated rings. The molecule has 2 nitrogen and oxygen atoms in total. The van der Waals surface area contributed by atoms with Gasteiger partial charge in [-0.3, -0.25) is 0 Å². The lowest BCUT2D eigenvalue weighted by Crippen LogP contribution is -2.31. The molecule has 0 bridgehead atoms. The van der Waals surface area contributed by atoms with Gasteiger partial charge >= 0.3 is 0 Å². The van der Waals surface area contributed by atoms with Gasteiger partial charge in [0.2, 0.25) is 0 Å². The summed E-state index contributed by atoms with van der Waals surface area (Å²) in [6.07, 6.45) is 0. The number of aliphatic imine (C=N–C) groups is 1. The molecule has 106 valence electrons. The molecule has 0 N–H and O–H groups in total. The lowest BCUT2D eigenvalue weighted by Gasteiger charge is -2.35. The van der Waals surface area contributed by atoms with Crippen molar-refractivity contribution < 1.29 is 0 Å². The maximum Gasteiger partial charge on any atom is 0.173 e. The fraction of sp³-hybridized carbons (Fsp3) is 0.118. The van der Waals surface area contributed by atoms with Crippen LogP contribution in [0.3, 0.4) is 0 Å². The third-order valence-corrected chi connectivity index (χ3v) is 4.70. The molecule has 1 unspecified atom stereocenters. The van der Waals surface area contributed by atoms with E-state index in [-0.39, 0.29) is 18.4 Å². The zero-order valence-electron chi connectivity index (χ0n) is 11.6. The Balaban J connectivity index is 0.00000132. The third-order valence-electron chi connectivity index (χ3n) is 3.74. The number of amidine groups is 1. The predicted molar refractivity (Wildman–Crippen MR) is 92.3 cm³/mol. The van der Waals surface area contributed by atoms with E-state index >= 15 is 0 Å². The minimum absolute atomic E-state index is 0. The second-order valence-corrected chi connectivity index (χ2v) is 5.85. The van der Waals surface area contributed by atoms with E-state index in [1.807, 2.05) is 0 Å². The van der Waals surface area contributed by atoms with Gasteiger partial charge in [0.1, 0.15) is 0 Å². The minimum atomic E-state index is 0. The van der Waals surface area contributed by atoms with E-state index < -0.39 is 0 Å². The molecule has 4 heteroatoms. The van der Waals surface area contributed by atoms with Crippen molar-refractivity contribution in [3.63, 3.8) is 0 Å². The van der Waals surface area contributed by atoms with Crippen LogP contribution in [0.15, 0.2) is 70.7 Å². The summed E-state index contributed by atoms with van der Waals surface area (Å²) in [5, 5.41) is 3.26. The Hall–Kier alpha value is -1.71. The molecule has 0 spiro atoms. The minimum Gasteiger partial charge on any atom is -0.312 e. The molecule has 0 amide bonds. The van der Waals surface area contributed by atoms with E-state index in [0.717, 1.165) is 10.9 Å². The maximum absolute atomic E-state index is 4.79. The second-order valence-electron chi connectivity index (χ2n) is 5.01. The molecule has 0 saturated carbocycles. The van der Waals surface area contributed by atoms with Crippen molar-refractivity contribution in [3.8, 4) is 0 Å². The topological polar surface area (TPSA) is 15.6 Å². The Morgan fingerprint density at radius 3 is 2.52 bits per heavy atom. The first-order chi connectivity index (χ1) is 9.84. The number of hydrogen-bond acceptors (Lipinski definition) is 3. The van der Waals surface area contributed by atoms with Crippen molar-refractivity contribution in [3.05, 3.63) is 76.8 Å². The summed E-state index contributed by atoms with van der Waals surface area (Å²) < 4.78 is 0. The fourth-order valence-corrected chi connectivity index (χ4v) is 3.73. The molecule has 0 saturated heterocycles. The van der Waals surface area contributed by atoms with Gasteiger partial charge in [-0.15, -0.1) is 12.4 Å². The SMILES string of the molecule is CC1=CSC2=Nc3ccccc3C(c3ccccc3)N12.Cl. The molecule has 2 heterocycles. The van der Waals surface area contributed by atoms with Crippen molar-refractivity contribution >= 4 is 35.0 Å². The number of benzene rings is 2. The average molecular weight is 315 g/mol. The highest BCUT2D eigenvalue weighted by molar-refractivity contribution is 8.16. The Labute approximate surface area is 135 Å². The van der Waals surface area contributed by atoms with Crippen molar-refractivity contribution in [1.82, 2.24) is 4.90 Å². The highest BCUT2D eigenvalue weighted by Crippen LogP contribution is 2.45. The summed E-state index contributed by atoms with van der Waals surface area (Å²) in [4.78, 5) is 7.12. The van der Waals surface area contributed by atoms with E-state index in [1.165, 1.54) is 16.8 Å². The highest BCUT2D eigenvalue weighted by Gasteiger charge is 2.34. The summed E-state index contributed by atoms with van der Waals surface area (Å²) >= 11 is 1.71. The number of fused-ring (bicyclic) bond motifs is 2. The smallest absolute Gasteiger partial charge is 0.173 e. The Kier molecular flexibility index (Phi) is 3.79. The Morgan fingerprint density at radius 1 is 1.00 bits per heavy atom. The van der Waals surface area contributed by atoms with Gasteiger partial charge < -0.3 is 4.90 Å². The molecular weight excluding hydrogens is 300 g/mol. The molecule has 21 heavy (non-hydrogen) atoms. The van der Waals surface area contributed by atoms with Crippen LogP contribution in [0.25, 0.3) is 0 Å². The van der Waals surface area contributed by atoms with Crippen LogP contribution in [0.2, 0.25) is 0 Å². The second kappa shape index (κ2) is 5.58.